The number of carbonyl (C=O) groups is 2. The van der Waals surface area contributed by atoms with Crippen molar-refractivity contribution in [3.05, 3.63) is 107 Å². The van der Waals surface area contributed by atoms with E-state index in [-0.39, 0.29) is 11.8 Å². The molecule has 2 amide bonds. The molecule has 6 nitrogen and oxygen atoms in total. The van der Waals surface area contributed by atoms with Gasteiger partial charge < -0.3 is 10.2 Å². The molecule has 2 heterocycles. The molecule has 3 aromatic carbocycles. The molecule has 0 fully saturated rings. The molecule has 0 spiro atoms. The van der Waals surface area contributed by atoms with Crippen LogP contribution >= 0.6 is 11.6 Å². The van der Waals surface area contributed by atoms with Gasteiger partial charge in [0.25, 0.3) is 5.91 Å². The Hall–Kier alpha value is -3.90. The highest BCUT2D eigenvalue weighted by atomic mass is 35.5. The Labute approximate surface area is 221 Å². The van der Waals surface area contributed by atoms with Crippen LogP contribution in [0.5, 0.6) is 0 Å². The Morgan fingerprint density at radius 3 is 2.43 bits per heavy atom. The first-order valence-electron chi connectivity index (χ1n) is 12.3. The Morgan fingerprint density at radius 2 is 1.70 bits per heavy atom. The summed E-state index contributed by atoms with van der Waals surface area (Å²) in [4.78, 5) is 29.6. The molecule has 1 aliphatic rings. The molecule has 0 saturated heterocycles. The molecule has 4 aromatic rings. The van der Waals surface area contributed by atoms with Gasteiger partial charge in [0.05, 0.1) is 5.69 Å². The van der Waals surface area contributed by atoms with Gasteiger partial charge in [-0.3, -0.25) is 9.59 Å². The van der Waals surface area contributed by atoms with E-state index in [1.807, 2.05) is 93.7 Å². The van der Waals surface area contributed by atoms with Crippen LogP contribution in [-0.2, 0) is 11.2 Å². The lowest BCUT2D eigenvalue weighted by atomic mass is 9.95. The van der Waals surface area contributed by atoms with Crippen LogP contribution < -0.4 is 5.32 Å². The van der Waals surface area contributed by atoms with Crippen LogP contribution in [0.15, 0.2) is 85.1 Å². The number of hydrogen-bond donors (Lipinski definition) is 1. The van der Waals surface area contributed by atoms with E-state index in [0.717, 1.165) is 22.4 Å². The normalized spacial score (nSPS) is 15.1. The third-order valence-electron chi connectivity index (χ3n) is 6.34. The van der Waals surface area contributed by atoms with Crippen molar-refractivity contribution in [1.29, 1.82) is 0 Å². The van der Waals surface area contributed by atoms with Crippen molar-refractivity contribution >= 4 is 23.4 Å². The van der Waals surface area contributed by atoms with Crippen LogP contribution in [0, 0.1) is 0 Å². The van der Waals surface area contributed by atoms with Crippen molar-refractivity contribution in [1.82, 2.24) is 20.0 Å². The number of halogens is 1. The number of amides is 2. The predicted molar refractivity (Wildman–Crippen MR) is 146 cm³/mol. The molecule has 37 heavy (non-hydrogen) atoms. The summed E-state index contributed by atoms with van der Waals surface area (Å²) in [6, 6.07) is 24.2. The van der Waals surface area contributed by atoms with E-state index in [1.54, 1.807) is 21.7 Å². The van der Waals surface area contributed by atoms with Gasteiger partial charge in [0, 0.05) is 28.9 Å². The summed E-state index contributed by atoms with van der Waals surface area (Å²) in [5.74, 6) is -0.494. The monoisotopic (exact) mass is 512 g/mol. The minimum atomic E-state index is -0.791. The Kier molecular flexibility index (Phi) is 6.61. The Bertz CT molecular complexity index is 1460. The summed E-state index contributed by atoms with van der Waals surface area (Å²) in [5, 5.41) is 8.39. The summed E-state index contributed by atoms with van der Waals surface area (Å²) < 4.78 is 1.68. The minimum Gasteiger partial charge on any atom is -0.349 e. The van der Waals surface area contributed by atoms with Gasteiger partial charge in [-0.2, -0.15) is 5.10 Å². The first kappa shape index (κ1) is 24.8. The predicted octanol–water partition coefficient (Wildman–Crippen LogP) is 5.85. The molecule has 0 saturated carbocycles. The largest absolute Gasteiger partial charge is 0.349 e. The lowest BCUT2D eigenvalue weighted by Gasteiger charge is -2.33. The van der Waals surface area contributed by atoms with E-state index in [9.17, 15) is 9.59 Å². The van der Waals surface area contributed by atoms with Crippen molar-refractivity contribution in [2.45, 2.75) is 38.8 Å². The van der Waals surface area contributed by atoms with Gasteiger partial charge in [-0.15, -0.1) is 0 Å². The van der Waals surface area contributed by atoms with Crippen LogP contribution in [0.2, 0.25) is 5.02 Å². The zero-order valence-corrected chi connectivity index (χ0v) is 21.9. The molecule has 0 bridgehead atoms. The number of fused-ring (bicyclic) bond motifs is 3. The first-order chi connectivity index (χ1) is 17.7. The summed E-state index contributed by atoms with van der Waals surface area (Å²) in [5.41, 5.74) is 3.98. The fraction of sp³-hybridized carbons (Fsp3) is 0.233. The van der Waals surface area contributed by atoms with Crippen LogP contribution in [0.4, 0.5) is 0 Å². The van der Waals surface area contributed by atoms with E-state index in [4.69, 9.17) is 16.7 Å². The third-order valence-corrected chi connectivity index (χ3v) is 6.57. The van der Waals surface area contributed by atoms with E-state index < -0.39 is 11.6 Å². The molecule has 1 unspecified atom stereocenters. The molecular weight excluding hydrogens is 484 g/mol. The number of benzene rings is 3. The quantitative estimate of drug-likeness (QED) is 0.365. The molecule has 0 radical (unpaired) electrons. The first-order valence-corrected chi connectivity index (χ1v) is 12.7. The van der Waals surface area contributed by atoms with Gasteiger partial charge in [-0.25, -0.2) is 4.68 Å². The SMILES string of the molecule is CC(C)(C)NC(=O)C1c2ccccc2-c2cn(-c3cccc(Cl)c3)nc2C(=O)N1CCc1ccccc1. The maximum absolute atomic E-state index is 14.2. The van der Waals surface area contributed by atoms with Crippen molar-refractivity contribution < 1.29 is 9.59 Å². The second-order valence-corrected chi connectivity index (χ2v) is 10.7. The number of aromatic nitrogens is 2. The highest BCUT2D eigenvalue weighted by Gasteiger charge is 2.40. The van der Waals surface area contributed by atoms with E-state index >= 15 is 0 Å². The number of nitrogens with one attached hydrogen (secondary N) is 1. The average molecular weight is 513 g/mol. The number of hydrogen-bond acceptors (Lipinski definition) is 3. The number of nitrogens with zero attached hydrogens (tertiary/aromatic N) is 3. The second kappa shape index (κ2) is 9.87. The Balaban J connectivity index is 1.65. The maximum Gasteiger partial charge on any atom is 0.275 e. The molecule has 188 valence electrons. The Morgan fingerprint density at radius 1 is 0.973 bits per heavy atom. The van der Waals surface area contributed by atoms with E-state index in [2.05, 4.69) is 5.32 Å². The van der Waals surface area contributed by atoms with Gasteiger partial charge in [-0.1, -0.05) is 72.3 Å². The highest BCUT2D eigenvalue weighted by molar-refractivity contribution is 6.30. The zero-order valence-electron chi connectivity index (χ0n) is 21.1. The van der Waals surface area contributed by atoms with Crippen LogP contribution in [0.1, 0.15) is 48.4 Å². The zero-order chi connectivity index (χ0) is 26.2. The molecule has 1 aliphatic heterocycles. The lowest BCUT2D eigenvalue weighted by Crippen LogP contribution is -2.49. The van der Waals surface area contributed by atoms with Crippen LogP contribution in [0.25, 0.3) is 16.8 Å². The van der Waals surface area contributed by atoms with Gasteiger partial charge >= 0.3 is 0 Å². The molecular formula is C30H29ClN4O2. The fourth-order valence-electron chi connectivity index (χ4n) is 4.73. The van der Waals surface area contributed by atoms with Crippen molar-refractivity contribution in [2.24, 2.45) is 0 Å². The highest BCUT2D eigenvalue weighted by Crippen LogP contribution is 2.39. The van der Waals surface area contributed by atoms with Crippen LogP contribution in [-0.4, -0.2) is 38.6 Å². The molecule has 5 rings (SSSR count). The third kappa shape index (κ3) is 5.16. The minimum absolute atomic E-state index is 0.214. The molecule has 1 atom stereocenters. The number of carbonyl (C=O) groups excluding carboxylic acids is 2. The van der Waals surface area contributed by atoms with Crippen LogP contribution in [0.3, 0.4) is 0 Å². The van der Waals surface area contributed by atoms with E-state index in [0.29, 0.717) is 29.2 Å². The van der Waals surface area contributed by atoms with Crippen molar-refractivity contribution in [3.63, 3.8) is 0 Å². The summed E-state index contributed by atoms with van der Waals surface area (Å²) >= 11 is 6.23. The smallest absolute Gasteiger partial charge is 0.275 e. The molecule has 7 heteroatoms. The lowest BCUT2D eigenvalue weighted by molar-refractivity contribution is -0.127. The van der Waals surface area contributed by atoms with Gasteiger partial charge in [0.2, 0.25) is 5.91 Å². The molecule has 1 N–H and O–H groups in total. The van der Waals surface area contributed by atoms with Gasteiger partial charge in [-0.05, 0) is 62.1 Å². The molecule has 0 aliphatic carbocycles. The second-order valence-electron chi connectivity index (χ2n) is 10.3. The summed E-state index contributed by atoms with van der Waals surface area (Å²) in [6.07, 6.45) is 2.45. The standard InChI is InChI=1S/C30H29ClN4O2/c1-30(2,3)32-28(36)27-24-15-8-7-14-23(24)25-19-35(22-13-9-12-21(31)18-22)33-26(25)29(37)34(27)17-16-20-10-5-4-6-11-20/h4-15,18-19,27H,16-17H2,1-3H3,(H,32,36). The number of rotatable bonds is 5. The average Bonchev–Trinajstić information content (AvgIpc) is 3.28. The van der Waals surface area contributed by atoms with E-state index in [1.165, 1.54) is 0 Å². The van der Waals surface area contributed by atoms with Gasteiger partial charge in [0.1, 0.15) is 6.04 Å². The topological polar surface area (TPSA) is 67.2 Å². The maximum atomic E-state index is 14.2. The summed E-state index contributed by atoms with van der Waals surface area (Å²) in [7, 11) is 0. The molecule has 1 aromatic heterocycles. The van der Waals surface area contributed by atoms with Crippen molar-refractivity contribution in [3.8, 4) is 16.8 Å². The van der Waals surface area contributed by atoms with Crippen molar-refractivity contribution in [2.75, 3.05) is 6.54 Å². The fourth-order valence-corrected chi connectivity index (χ4v) is 4.91. The summed E-state index contributed by atoms with van der Waals surface area (Å²) in [6.45, 7) is 6.18. The van der Waals surface area contributed by atoms with Gasteiger partial charge in [0.15, 0.2) is 5.69 Å².